The second kappa shape index (κ2) is 9.18. The Morgan fingerprint density at radius 3 is 2.23 bits per heavy atom. The molecule has 2 fully saturated rings. The van der Waals surface area contributed by atoms with E-state index in [1.807, 2.05) is 60.7 Å². The average Bonchev–Trinajstić information content (AvgIpc) is 3.32. The smallest absolute Gasteiger partial charge is 0.387 e. The fourth-order valence-corrected chi connectivity index (χ4v) is 5.40. The van der Waals surface area contributed by atoms with Crippen molar-refractivity contribution in [3.05, 3.63) is 82.3 Å². The molecule has 0 bridgehead atoms. The number of aryl methyl sites for hydroxylation is 1. The van der Waals surface area contributed by atoms with Gasteiger partial charge in [0.15, 0.2) is 0 Å². The summed E-state index contributed by atoms with van der Waals surface area (Å²) in [6.45, 7) is -1.66. The van der Waals surface area contributed by atoms with Crippen LogP contribution in [0.15, 0.2) is 65.5 Å². The summed E-state index contributed by atoms with van der Waals surface area (Å²) in [6, 6.07) is 18.7. The highest BCUT2D eigenvalue weighted by molar-refractivity contribution is 5.93. The number of likely N-dealkylation sites (tertiary alicyclic amines) is 1. The molecule has 10 heteroatoms. The lowest BCUT2D eigenvalue weighted by molar-refractivity contribution is -0.125. The molecule has 2 aromatic carbocycles. The van der Waals surface area contributed by atoms with Gasteiger partial charge in [0.1, 0.15) is 11.2 Å². The average molecular weight is 484 g/mol. The first-order chi connectivity index (χ1) is 16.9. The van der Waals surface area contributed by atoms with E-state index in [9.17, 15) is 18.4 Å². The SMILES string of the molecule is Cn1[nH]c(=O)c(OC(F)F)c1C(c1ccccc1)N1CCC2(CC1)C(=O)NCN2c1ccccc1. The Balaban J connectivity index is 1.50. The Morgan fingerprint density at radius 1 is 0.971 bits per heavy atom. The molecule has 2 aliphatic heterocycles. The number of aromatic nitrogens is 2. The number of rotatable bonds is 6. The monoisotopic (exact) mass is 483 g/mol. The van der Waals surface area contributed by atoms with Gasteiger partial charge < -0.3 is 15.0 Å². The van der Waals surface area contributed by atoms with Crippen molar-refractivity contribution in [2.24, 2.45) is 7.05 Å². The number of halogens is 2. The van der Waals surface area contributed by atoms with Crippen molar-refractivity contribution in [2.45, 2.75) is 31.0 Å². The van der Waals surface area contributed by atoms with Crippen LogP contribution >= 0.6 is 0 Å². The summed E-state index contributed by atoms with van der Waals surface area (Å²) in [5, 5.41) is 5.55. The molecule has 35 heavy (non-hydrogen) atoms. The van der Waals surface area contributed by atoms with Crippen molar-refractivity contribution >= 4 is 11.6 Å². The molecule has 184 valence electrons. The third-order valence-corrected chi connectivity index (χ3v) is 7.05. The molecule has 0 radical (unpaired) electrons. The van der Waals surface area contributed by atoms with Crippen molar-refractivity contribution in [3.8, 4) is 5.75 Å². The van der Waals surface area contributed by atoms with Crippen LogP contribution in [-0.2, 0) is 11.8 Å². The van der Waals surface area contributed by atoms with Crippen LogP contribution in [-0.4, -0.2) is 52.5 Å². The number of hydrogen-bond donors (Lipinski definition) is 2. The number of para-hydroxylation sites is 1. The summed E-state index contributed by atoms with van der Waals surface area (Å²) in [7, 11) is 1.61. The lowest BCUT2D eigenvalue weighted by Gasteiger charge is -2.45. The number of carbonyl (C=O) groups is 1. The maximum Gasteiger partial charge on any atom is 0.387 e. The predicted octanol–water partition coefficient (Wildman–Crippen LogP) is 2.83. The normalized spacial score (nSPS) is 18.7. The van der Waals surface area contributed by atoms with Crippen LogP contribution < -0.4 is 20.5 Å². The number of nitrogens with zero attached hydrogens (tertiary/aromatic N) is 3. The van der Waals surface area contributed by atoms with Crippen LogP contribution in [0.5, 0.6) is 5.75 Å². The molecule has 1 aromatic heterocycles. The van der Waals surface area contributed by atoms with E-state index in [2.05, 4.69) is 25.0 Å². The number of nitrogens with one attached hydrogen (secondary N) is 2. The van der Waals surface area contributed by atoms with E-state index in [0.29, 0.717) is 38.3 Å². The second-order valence-corrected chi connectivity index (χ2v) is 8.90. The van der Waals surface area contributed by atoms with Gasteiger partial charge in [-0.15, -0.1) is 0 Å². The minimum absolute atomic E-state index is 0.00645. The van der Waals surface area contributed by atoms with Crippen molar-refractivity contribution in [1.82, 2.24) is 20.0 Å². The first-order valence-corrected chi connectivity index (χ1v) is 11.5. The van der Waals surface area contributed by atoms with Gasteiger partial charge >= 0.3 is 12.2 Å². The zero-order chi connectivity index (χ0) is 24.6. The zero-order valence-electron chi connectivity index (χ0n) is 19.3. The largest absolute Gasteiger partial charge is 0.427 e. The molecule has 2 N–H and O–H groups in total. The topological polar surface area (TPSA) is 82.6 Å². The van der Waals surface area contributed by atoms with Gasteiger partial charge in [-0.05, 0) is 30.5 Å². The van der Waals surface area contributed by atoms with Gasteiger partial charge in [0, 0.05) is 25.8 Å². The third-order valence-electron chi connectivity index (χ3n) is 7.05. The molecular formula is C25H27F2N5O3. The van der Waals surface area contributed by atoms with E-state index >= 15 is 0 Å². The highest BCUT2D eigenvalue weighted by atomic mass is 19.3. The molecule has 1 amide bonds. The number of piperidine rings is 1. The molecule has 1 atom stereocenters. The number of benzene rings is 2. The molecule has 0 aliphatic carbocycles. The van der Waals surface area contributed by atoms with Gasteiger partial charge in [0.05, 0.1) is 12.7 Å². The second-order valence-electron chi connectivity index (χ2n) is 8.90. The minimum Gasteiger partial charge on any atom is -0.427 e. The first kappa shape index (κ1) is 23.1. The molecule has 3 aromatic rings. The van der Waals surface area contributed by atoms with Crippen LogP contribution in [0.3, 0.4) is 0 Å². The number of ether oxygens (including phenoxy) is 1. The summed E-state index contributed by atoms with van der Waals surface area (Å²) >= 11 is 0. The summed E-state index contributed by atoms with van der Waals surface area (Å²) in [4.78, 5) is 29.7. The van der Waals surface area contributed by atoms with Gasteiger partial charge in [0.25, 0.3) is 0 Å². The van der Waals surface area contributed by atoms with Gasteiger partial charge in [-0.2, -0.15) is 8.78 Å². The highest BCUT2D eigenvalue weighted by Crippen LogP contribution is 2.41. The molecule has 0 saturated carbocycles. The van der Waals surface area contributed by atoms with E-state index in [4.69, 9.17) is 0 Å². The summed E-state index contributed by atoms with van der Waals surface area (Å²) in [5.74, 6) is -0.394. The lowest BCUT2D eigenvalue weighted by atomic mass is 9.84. The standard InChI is InChI=1S/C25H27F2N5O3/c1-30-20(21(22(33)29-30)35-24(26)27)19(17-8-4-2-5-9-17)31-14-12-25(13-15-31)23(34)28-16-32(25)18-10-6-3-7-11-18/h2-11,19,24H,12-16H2,1H3,(H,28,34)(H,29,33). The van der Waals surface area contributed by atoms with Gasteiger partial charge in [-0.1, -0.05) is 48.5 Å². The lowest BCUT2D eigenvalue weighted by Crippen LogP contribution is -2.57. The van der Waals surface area contributed by atoms with Crippen LogP contribution in [0.1, 0.15) is 30.1 Å². The maximum absolute atomic E-state index is 13.2. The Morgan fingerprint density at radius 2 is 1.60 bits per heavy atom. The quantitative estimate of drug-likeness (QED) is 0.564. The van der Waals surface area contributed by atoms with Crippen LogP contribution in [0.25, 0.3) is 0 Å². The van der Waals surface area contributed by atoms with Crippen LogP contribution in [0.4, 0.5) is 14.5 Å². The van der Waals surface area contributed by atoms with Gasteiger partial charge in [-0.3, -0.25) is 24.3 Å². The number of H-pyrrole nitrogens is 1. The summed E-state index contributed by atoms with van der Waals surface area (Å²) in [5.41, 5.74) is 0.745. The number of anilines is 1. The number of carbonyl (C=O) groups excluding carboxylic acids is 1. The molecule has 8 nitrogen and oxygen atoms in total. The number of aromatic amines is 1. The first-order valence-electron chi connectivity index (χ1n) is 11.5. The Labute approximate surface area is 201 Å². The molecule has 1 spiro atoms. The number of amides is 1. The molecule has 1 unspecified atom stereocenters. The molecular weight excluding hydrogens is 456 g/mol. The van der Waals surface area contributed by atoms with Gasteiger partial charge in [-0.25, -0.2) is 0 Å². The van der Waals surface area contributed by atoms with Crippen molar-refractivity contribution in [3.63, 3.8) is 0 Å². The third kappa shape index (κ3) is 4.07. The van der Waals surface area contributed by atoms with Crippen molar-refractivity contribution in [1.29, 1.82) is 0 Å². The zero-order valence-corrected chi connectivity index (χ0v) is 19.3. The Bertz CT molecular complexity index is 1240. The maximum atomic E-state index is 13.2. The number of hydrogen-bond acceptors (Lipinski definition) is 5. The fraction of sp³-hybridized carbons (Fsp3) is 0.360. The number of alkyl halides is 2. The van der Waals surface area contributed by atoms with E-state index in [1.54, 1.807) is 7.05 Å². The predicted molar refractivity (Wildman–Crippen MR) is 126 cm³/mol. The van der Waals surface area contributed by atoms with E-state index < -0.39 is 23.8 Å². The van der Waals surface area contributed by atoms with E-state index in [-0.39, 0.29) is 11.7 Å². The van der Waals surface area contributed by atoms with E-state index in [0.717, 1.165) is 11.3 Å². The minimum atomic E-state index is -3.13. The Kier molecular flexibility index (Phi) is 6.06. The summed E-state index contributed by atoms with van der Waals surface area (Å²) < 4.78 is 32.5. The fourth-order valence-electron chi connectivity index (χ4n) is 5.40. The molecule has 2 aliphatic rings. The molecule has 2 saturated heterocycles. The van der Waals surface area contributed by atoms with Gasteiger partial charge in [0.2, 0.25) is 11.7 Å². The van der Waals surface area contributed by atoms with Crippen LogP contribution in [0, 0.1) is 0 Å². The molecule has 5 rings (SSSR count). The highest BCUT2D eigenvalue weighted by Gasteiger charge is 2.51. The Hall–Kier alpha value is -3.66. The molecule has 3 heterocycles. The van der Waals surface area contributed by atoms with Crippen molar-refractivity contribution in [2.75, 3.05) is 24.7 Å². The van der Waals surface area contributed by atoms with Crippen LogP contribution in [0.2, 0.25) is 0 Å². The van der Waals surface area contributed by atoms with Crippen molar-refractivity contribution < 1.29 is 18.3 Å². The summed E-state index contributed by atoms with van der Waals surface area (Å²) in [6.07, 6.45) is 1.08. The van der Waals surface area contributed by atoms with E-state index in [1.165, 1.54) is 4.68 Å².